The average Bonchev–Trinajstić information content (AvgIpc) is 2.76. The highest BCUT2D eigenvalue weighted by atomic mass is 16.4. The Labute approximate surface area is 200 Å². The van der Waals surface area contributed by atoms with E-state index in [1.165, 1.54) is 19.1 Å². The summed E-state index contributed by atoms with van der Waals surface area (Å²) in [6.45, 7) is 1.31. The lowest BCUT2D eigenvalue weighted by atomic mass is 10.1. The summed E-state index contributed by atoms with van der Waals surface area (Å²) in [6.07, 6.45) is -1.16. The van der Waals surface area contributed by atoms with Gasteiger partial charge >= 0.3 is 5.97 Å². The van der Waals surface area contributed by atoms with Crippen LogP contribution in [-0.2, 0) is 35.2 Å². The van der Waals surface area contributed by atoms with Crippen molar-refractivity contribution in [2.45, 2.75) is 56.8 Å². The number of carbonyl (C=O) groups excluding carboxylic acids is 5. The molecule has 0 aliphatic heterocycles. The molecule has 0 aliphatic rings. The molecule has 11 N–H and O–H groups in total. The van der Waals surface area contributed by atoms with Gasteiger partial charge in [-0.05, 0) is 37.5 Å². The highest BCUT2D eigenvalue weighted by Crippen LogP contribution is 2.11. The van der Waals surface area contributed by atoms with Crippen molar-refractivity contribution < 1.29 is 39.0 Å². The first-order valence-electron chi connectivity index (χ1n) is 10.5. The zero-order valence-corrected chi connectivity index (χ0v) is 19.0. The molecular formula is C21H30N6O8. The summed E-state index contributed by atoms with van der Waals surface area (Å²) < 4.78 is 0. The van der Waals surface area contributed by atoms with Gasteiger partial charge in [-0.2, -0.15) is 0 Å². The van der Waals surface area contributed by atoms with Crippen molar-refractivity contribution in [2.75, 3.05) is 0 Å². The molecule has 4 atom stereocenters. The normalized spacial score (nSPS) is 14.0. The Kier molecular flexibility index (Phi) is 11.1. The predicted octanol–water partition coefficient (Wildman–Crippen LogP) is -3.04. The zero-order chi connectivity index (χ0) is 26.7. The van der Waals surface area contributed by atoms with Gasteiger partial charge in [-0.3, -0.25) is 24.0 Å². The van der Waals surface area contributed by atoms with E-state index in [-0.39, 0.29) is 25.0 Å². The molecular weight excluding hydrogens is 464 g/mol. The number of hydrogen-bond acceptors (Lipinski definition) is 8. The van der Waals surface area contributed by atoms with E-state index in [0.29, 0.717) is 5.56 Å². The number of nitrogens with one attached hydrogen (secondary N) is 3. The van der Waals surface area contributed by atoms with Gasteiger partial charge < -0.3 is 43.4 Å². The summed E-state index contributed by atoms with van der Waals surface area (Å²) in [5, 5.41) is 25.3. The van der Waals surface area contributed by atoms with Gasteiger partial charge in [0.1, 0.15) is 23.9 Å². The third-order valence-corrected chi connectivity index (χ3v) is 4.81. The van der Waals surface area contributed by atoms with Crippen molar-refractivity contribution in [2.24, 2.45) is 17.2 Å². The van der Waals surface area contributed by atoms with Crippen molar-refractivity contribution >= 4 is 35.5 Å². The molecule has 0 saturated heterocycles. The van der Waals surface area contributed by atoms with Crippen LogP contribution in [0.5, 0.6) is 5.75 Å². The third kappa shape index (κ3) is 10.5. The van der Waals surface area contributed by atoms with E-state index in [9.17, 15) is 39.0 Å². The molecule has 4 unspecified atom stereocenters. The van der Waals surface area contributed by atoms with E-state index in [0.717, 1.165) is 0 Å². The van der Waals surface area contributed by atoms with Crippen LogP contribution in [0.1, 0.15) is 31.7 Å². The first-order chi connectivity index (χ1) is 16.3. The van der Waals surface area contributed by atoms with Crippen LogP contribution < -0.4 is 33.2 Å². The number of benzene rings is 1. The highest BCUT2D eigenvalue weighted by molar-refractivity contribution is 5.96. The molecule has 0 aliphatic carbocycles. The number of phenolic OH excluding ortho intramolecular Hbond substituents is 1. The maximum atomic E-state index is 12.5. The van der Waals surface area contributed by atoms with E-state index in [2.05, 4.69) is 16.0 Å². The van der Waals surface area contributed by atoms with Crippen LogP contribution in [0.3, 0.4) is 0 Å². The fraction of sp³-hybridized carbons (Fsp3) is 0.429. The zero-order valence-electron chi connectivity index (χ0n) is 19.0. The number of rotatable bonds is 14. The Morgan fingerprint density at radius 1 is 0.857 bits per heavy atom. The van der Waals surface area contributed by atoms with Crippen LogP contribution in [0.25, 0.3) is 0 Å². The molecule has 5 amide bonds. The Bertz CT molecular complexity index is 952. The Hall–Kier alpha value is -4.20. The van der Waals surface area contributed by atoms with E-state index in [1.54, 1.807) is 12.1 Å². The van der Waals surface area contributed by atoms with Crippen molar-refractivity contribution in [1.82, 2.24) is 16.0 Å². The predicted molar refractivity (Wildman–Crippen MR) is 121 cm³/mol. The molecule has 1 rings (SSSR count). The number of aromatic hydroxyl groups is 1. The monoisotopic (exact) mass is 494 g/mol. The van der Waals surface area contributed by atoms with Gasteiger partial charge in [0.15, 0.2) is 0 Å². The summed E-state index contributed by atoms with van der Waals surface area (Å²) in [7, 11) is 0. The number of primary amides is 2. The number of carboxylic acid groups (broad SMARTS) is 1. The van der Waals surface area contributed by atoms with Gasteiger partial charge in [-0.1, -0.05) is 12.1 Å². The molecule has 0 spiro atoms. The summed E-state index contributed by atoms with van der Waals surface area (Å²) in [4.78, 5) is 71.0. The molecule has 0 bridgehead atoms. The lowest BCUT2D eigenvalue weighted by Gasteiger charge is -2.23. The van der Waals surface area contributed by atoms with E-state index in [1.807, 2.05) is 0 Å². The number of nitrogens with two attached hydrogens (primary N) is 3. The smallest absolute Gasteiger partial charge is 0.326 e. The summed E-state index contributed by atoms with van der Waals surface area (Å²) in [5.74, 6) is -5.70. The second kappa shape index (κ2) is 13.5. The SMILES string of the molecule is CC(NC(=O)C(N)Cc1ccc(O)cc1)C(=O)NC(CC(N)=O)C(=O)NC(CCC(N)=O)C(=O)O. The molecule has 0 fully saturated rings. The van der Waals surface area contributed by atoms with Gasteiger partial charge in [0.2, 0.25) is 29.5 Å². The van der Waals surface area contributed by atoms with Crippen LogP contribution in [0, 0.1) is 0 Å². The molecule has 0 heterocycles. The maximum absolute atomic E-state index is 12.5. The van der Waals surface area contributed by atoms with Crippen molar-refractivity contribution in [1.29, 1.82) is 0 Å². The number of amides is 5. The van der Waals surface area contributed by atoms with E-state index in [4.69, 9.17) is 17.2 Å². The minimum absolute atomic E-state index is 0.0502. The molecule has 0 aromatic heterocycles. The number of aliphatic carboxylic acids is 1. The molecule has 0 radical (unpaired) electrons. The van der Waals surface area contributed by atoms with Crippen molar-refractivity contribution in [3.05, 3.63) is 29.8 Å². The summed E-state index contributed by atoms with van der Waals surface area (Å²) in [6, 6.07) is 0.783. The van der Waals surface area contributed by atoms with Crippen LogP contribution in [0.15, 0.2) is 24.3 Å². The number of hydrogen-bond donors (Lipinski definition) is 8. The first kappa shape index (κ1) is 28.8. The number of carboxylic acids is 1. The van der Waals surface area contributed by atoms with Crippen LogP contribution in [0.2, 0.25) is 0 Å². The minimum atomic E-state index is -1.54. The molecule has 1 aromatic rings. The van der Waals surface area contributed by atoms with Gasteiger partial charge in [-0.25, -0.2) is 4.79 Å². The molecule has 0 saturated carbocycles. The second-order valence-corrected chi connectivity index (χ2v) is 7.84. The van der Waals surface area contributed by atoms with Gasteiger partial charge in [0, 0.05) is 6.42 Å². The Morgan fingerprint density at radius 2 is 1.43 bits per heavy atom. The van der Waals surface area contributed by atoms with Gasteiger partial charge in [0.25, 0.3) is 0 Å². The average molecular weight is 495 g/mol. The maximum Gasteiger partial charge on any atom is 0.326 e. The number of carbonyl (C=O) groups is 6. The standard InChI is InChI=1S/C21H30N6O8/c1-10(25-19(32)13(22)8-11-2-4-12(28)5-3-11)18(31)27-15(9-17(24)30)20(33)26-14(21(34)35)6-7-16(23)29/h2-5,10,13-15,28H,6-9,22H2,1H3,(H2,23,29)(H2,24,30)(H,25,32)(H,26,33)(H,27,31)(H,34,35). The van der Waals surface area contributed by atoms with Crippen molar-refractivity contribution in [3.63, 3.8) is 0 Å². The van der Waals surface area contributed by atoms with E-state index < -0.39 is 66.1 Å². The molecule has 35 heavy (non-hydrogen) atoms. The van der Waals surface area contributed by atoms with Gasteiger partial charge in [0.05, 0.1) is 12.5 Å². The lowest BCUT2D eigenvalue weighted by Crippen LogP contribution is -2.57. The molecule has 14 heteroatoms. The Balaban J connectivity index is 2.76. The Morgan fingerprint density at radius 3 is 1.94 bits per heavy atom. The third-order valence-electron chi connectivity index (χ3n) is 4.81. The quantitative estimate of drug-likeness (QED) is 0.130. The minimum Gasteiger partial charge on any atom is -0.508 e. The number of phenols is 1. The topological polar surface area (TPSA) is 257 Å². The van der Waals surface area contributed by atoms with Crippen LogP contribution in [-0.4, -0.2) is 69.9 Å². The van der Waals surface area contributed by atoms with E-state index >= 15 is 0 Å². The summed E-state index contributed by atoms with van der Waals surface area (Å²) in [5.41, 5.74) is 16.7. The van der Waals surface area contributed by atoms with Crippen LogP contribution in [0.4, 0.5) is 0 Å². The molecule has 14 nitrogen and oxygen atoms in total. The summed E-state index contributed by atoms with van der Waals surface area (Å²) >= 11 is 0. The molecule has 192 valence electrons. The lowest BCUT2D eigenvalue weighted by molar-refractivity contribution is -0.142. The fourth-order valence-electron chi connectivity index (χ4n) is 2.89. The van der Waals surface area contributed by atoms with Crippen molar-refractivity contribution in [3.8, 4) is 5.75 Å². The van der Waals surface area contributed by atoms with Gasteiger partial charge in [-0.15, -0.1) is 0 Å². The largest absolute Gasteiger partial charge is 0.508 e. The first-order valence-corrected chi connectivity index (χ1v) is 10.5. The van der Waals surface area contributed by atoms with Crippen LogP contribution >= 0.6 is 0 Å². The fourth-order valence-corrected chi connectivity index (χ4v) is 2.89. The molecule has 1 aromatic carbocycles. The highest BCUT2D eigenvalue weighted by Gasteiger charge is 2.30. The second-order valence-electron chi connectivity index (χ2n) is 7.84.